The van der Waals surface area contributed by atoms with Crippen molar-refractivity contribution in [3.05, 3.63) is 29.8 Å². The Kier molecular flexibility index (Phi) is 17.8. The Balaban J connectivity index is 2.21. The molecule has 0 spiro atoms. The molecule has 19 heteroatoms. The van der Waals surface area contributed by atoms with E-state index in [0.717, 1.165) is 12.1 Å². The number of carbonyl (C=O) groups excluding carboxylic acids is 5. The summed E-state index contributed by atoms with van der Waals surface area (Å²) in [5, 5.41) is 4.36. The van der Waals surface area contributed by atoms with E-state index in [-0.39, 0.29) is 41.3 Å². The van der Waals surface area contributed by atoms with Crippen LogP contribution in [0.2, 0.25) is 0 Å². The first-order valence-corrected chi connectivity index (χ1v) is 20.5. The summed E-state index contributed by atoms with van der Waals surface area (Å²) in [7, 11) is 0.131. The number of hydrogen-bond donors (Lipinski definition) is 3. The molecule has 0 unspecified atom stereocenters. The van der Waals surface area contributed by atoms with Gasteiger partial charge in [0.1, 0.15) is 11.6 Å². The maximum Gasteiger partial charge on any atom is 0.471 e. The highest BCUT2D eigenvalue weighted by atomic mass is 32.2. The molecule has 0 saturated carbocycles. The van der Waals surface area contributed by atoms with Crippen LogP contribution in [0, 0.1) is 17.8 Å². The fourth-order valence-corrected chi connectivity index (χ4v) is 8.06. The summed E-state index contributed by atoms with van der Waals surface area (Å²) < 4.78 is 82.7. The molecule has 7 atom stereocenters. The van der Waals surface area contributed by atoms with Crippen LogP contribution < -0.4 is 15.4 Å². The Morgan fingerprint density at radius 3 is 2.07 bits per heavy atom. The average molecular weight is 836 g/mol. The summed E-state index contributed by atoms with van der Waals surface area (Å²) in [6.45, 7) is 14.5. The second-order valence-corrected chi connectivity index (χ2v) is 17.6. The molecular formula is C38H60F3N5O10S. The molecule has 1 aliphatic heterocycles. The van der Waals surface area contributed by atoms with Gasteiger partial charge in [-0.25, -0.2) is 13.2 Å². The van der Waals surface area contributed by atoms with Gasteiger partial charge in [-0.05, 0) is 63.1 Å². The molecule has 1 aromatic carbocycles. The van der Waals surface area contributed by atoms with E-state index in [9.17, 15) is 45.6 Å². The maximum atomic E-state index is 14.1. The lowest BCUT2D eigenvalue weighted by Crippen LogP contribution is -2.58. The van der Waals surface area contributed by atoms with Gasteiger partial charge < -0.3 is 34.6 Å². The molecule has 2 rings (SSSR count). The highest BCUT2D eigenvalue weighted by Gasteiger charge is 2.43. The predicted molar refractivity (Wildman–Crippen MR) is 206 cm³/mol. The van der Waals surface area contributed by atoms with Gasteiger partial charge in [-0.2, -0.15) is 13.2 Å². The zero-order valence-corrected chi connectivity index (χ0v) is 35.5. The van der Waals surface area contributed by atoms with Crippen LogP contribution in [0.4, 0.5) is 23.7 Å². The molecule has 324 valence electrons. The van der Waals surface area contributed by atoms with E-state index in [4.69, 9.17) is 14.2 Å². The minimum absolute atomic E-state index is 0.129. The average Bonchev–Trinajstić information content (AvgIpc) is 3.58. The van der Waals surface area contributed by atoms with E-state index in [0.29, 0.717) is 25.8 Å². The summed E-state index contributed by atoms with van der Waals surface area (Å²) in [4.78, 5) is 68.3. The quantitative estimate of drug-likeness (QED) is 0.189. The Labute approximate surface area is 334 Å². The number of rotatable bonds is 18. The van der Waals surface area contributed by atoms with Gasteiger partial charge in [-0.3, -0.25) is 23.9 Å². The Bertz CT molecular complexity index is 1650. The zero-order chi connectivity index (χ0) is 43.6. The van der Waals surface area contributed by atoms with Crippen LogP contribution in [0.3, 0.4) is 0 Å². The van der Waals surface area contributed by atoms with Crippen molar-refractivity contribution in [1.29, 1.82) is 0 Å². The standard InChI is InChI=1S/C38H60F3N5O10S/c1-12-23(4)31(45(9)34(49)30(22(2)3)43-36(51)56-37(6,7)8)28(54-10)20-29(47)46-19-13-14-27(46)32(55-11)24(5)33(48)44-57(52,53)21-25-15-17-26(18-16-25)42-35(50)38(39,40)41/h15-18,22-24,27-28,30-32H,12-14,19-21H2,1-11H3,(H,42,50)(H,43,51)(H,44,48)/t23-,24-,27+,28-,30+,31+,32-/m1/s1. The monoisotopic (exact) mass is 835 g/mol. The van der Waals surface area contributed by atoms with E-state index in [1.807, 2.05) is 18.6 Å². The highest BCUT2D eigenvalue weighted by Crippen LogP contribution is 2.30. The van der Waals surface area contributed by atoms with Crippen molar-refractivity contribution in [2.75, 3.05) is 33.1 Å². The lowest BCUT2D eigenvalue weighted by Gasteiger charge is -2.40. The normalized spacial score (nSPS) is 18.2. The first-order chi connectivity index (χ1) is 26.3. The van der Waals surface area contributed by atoms with E-state index in [1.54, 1.807) is 51.9 Å². The Morgan fingerprint density at radius 2 is 1.58 bits per heavy atom. The van der Waals surface area contributed by atoms with Crippen LogP contribution in [0.25, 0.3) is 0 Å². The van der Waals surface area contributed by atoms with Gasteiger partial charge in [-0.1, -0.05) is 53.2 Å². The number of alkyl carbamates (subject to hydrolysis) is 1. The van der Waals surface area contributed by atoms with E-state index < -0.39 is 81.7 Å². The summed E-state index contributed by atoms with van der Waals surface area (Å²) in [5.41, 5.74) is -0.838. The molecule has 1 saturated heterocycles. The second-order valence-electron chi connectivity index (χ2n) is 15.8. The zero-order valence-electron chi connectivity index (χ0n) is 34.7. The fraction of sp³-hybridized carbons (Fsp3) is 0.711. The number of likely N-dealkylation sites (N-methyl/N-ethyl adjacent to an activating group) is 1. The first kappa shape index (κ1) is 49.2. The number of ether oxygens (including phenoxy) is 3. The van der Waals surface area contributed by atoms with E-state index in [1.165, 1.54) is 38.2 Å². The Hall–Kier alpha value is -3.97. The third kappa shape index (κ3) is 14.4. The number of carbonyl (C=O) groups is 5. The topological polar surface area (TPSA) is 190 Å². The molecule has 3 N–H and O–H groups in total. The van der Waals surface area contributed by atoms with Crippen LogP contribution in [-0.2, 0) is 49.2 Å². The minimum Gasteiger partial charge on any atom is -0.444 e. The molecule has 1 aromatic rings. The van der Waals surface area contributed by atoms with Crippen molar-refractivity contribution < 1.29 is 59.8 Å². The molecule has 5 amide bonds. The van der Waals surface area contributed by atoms with Crippen molar-refractivity contribution in [2.24, 2.45) is 17.8 Å². The van der Waals surface area contributed by atoms with Gasteiger partial charge in [0, 0.05) is 33.5 Å². The number of benzene rings is 1. The number of anilines is 1. The van der Waals surface area contributed by atoms with Gasteiger partial charge >= 0.3 is 18.2 Å². The second kappa shape index (κ2) is 20.6. The molecule has 0 aromatic heterocycles. The molecule has 57 heavy (non-hydrogen) atoms. The van der Waals surface area contributed by atoms with Crippen LogP contribution in [0.1, 0.15) is 86.6 Å². The van der Waals surface area contributed by atoms with Crippen molar-refractivity contribution in [1.82, 2.24) is 19.8 Å². The number of amides is 5. The molecule has 0 aliphatic carbocycles. The SMILES string of the molecule is CC[C@@H](C)[C@@H]([C@@H](CC(=O)N1CCC[C@H]1[C@H](OC)[C@@H](C)C(=O)NS(=O)(=O)Cc1ccc(NC(=O)C(F)(F)F)cc1)OC)N(C)C(=O)[C@@H](NC(=O)OC(C)(C)C)C(C)C. The summed E-state index contributed by atoms with van der Waals surface area (Å²) in [6, 6.07) is 2.51. The highest BCUT2D eigenvalue weighted by molar-refractivity contribution is 7.89. The fourth-order valence-electron chi connectivity index (χ4n) is 6.86. The largest absolute Gasteiger partial charge is 0.471 e. The van der Waals surface area contributed by atoms with Crippen LogP contribution in [0.5, 0.6) is 0 Å². The van der Waals surface area contributed by atoms with Gasteiger partial charge in [-0.15, -0.1) is 0 Å². The number of nitrogens with zero attached hydrogens (tertiary/aromatic N) is 2. The smallest absolute Gasteiger partial charge is 0.444 e. The van der Waals surface area contributed by atoms with Crippen LogP contribution in [-0.4, -0.2) is 118 Å². The number of sulfonamides is 1. The van der Waals surface area contributed by atoms with Crippen LogP contribution in [0.15, 0.2) is 24.3 Å². The lowest BCUT2D eigenvalue weighted by atomic mass is 9.89. The molecule has 15 nitrogen and oxygen atoms in total. The molecule has 0 bridgehead atoms. The summed E-state index contributed by atoms with van der Waals surface area (Å²) >= 11 is 0. The molecule has 1 aliphatic rings. The van der Waals surface area contributed by atoms with Gasteiger partial charge in [0.15, 0.2) is 0 Å². The third-order valence-corrected chi connectivity index (χ3v) is 11.2. The predicted octanol–water partition coefficient (Wildman–Crippen LogP) is 4.60. The lowest BCUT2D eigenvalue weighted by molar-refractivity contribution is -0.167. The number of alkyl halides is 3. The van der Waals surface area contributed by atoms with Gasteiger partial charge in [0.25, 0.3) is 0 Å². The van der Waals surface area contributed by atoms with E-state index in [2.05, 4.69) is 5.32 Å². The minimum atomic E-state index is -5.10. The summed E-state index contributed by atoms with van der Waals surface area (Å²) in [5.74, 6) is -5.94. The van der Waals surface area contributed by atoms with Gasteiger partial charge in [0.2, 0.25) is 27.7 Å². The summed E-state index contributed by atoms with van der Waals surface area (Å²) in [6.07, 6.45) is -5.96. The maximum absolute atomic E-state index is 14.1. The third-order valence-electron chi connectivity index (χ3n) is 9.95. The van der Waals surface area contributed by atoms with Gasteiger partial charge in [0.05, 0.1) is 42.4 Å². The number of likely N-dealkylation sites (tertiary alicyclic amines) is 1. The molecular weight excluding hydrogens is 776 g/mol. The van der Waals surface area contributed by atoms with Crippen molar-refractivity contribution in [3.63, 3.8) is 0 Å². The van der Waals surface area contributed by atoms with Crippen LogP contribution >= 0.6 is 0 Å². The molecule has 1 fully saturated rings. The van der Waals surface area contributed by atoms with E-state index >= 15 is 0 Å². The number of halogens is 3. The number of nitrogens with one attached hydrogen (secondary N) is 3. The number of hydrogen-bond acceptors (Lipinski definition) is 10. The Morgan fingerprint density at radius 1 is 0.982 bits per heavy atom. The van der Waals surface area contributed by atoms with Crippen molar-refractivity contribution in [2.45, 2.75) is 129 Å². The van der Waals surface area contributed by atoms with Crippen molar-refractivity contribution >= 4 is 45.4 Å². The first-order valence-electron chi connectivity index (χ1n) is 18.9. The number of methoxy groups -OCH3 is 2. The van der Waals surface area contributed by atoms with Crippen molar-refractivity contribution in [3.8, 4) is 0 Å². The molecule has 0 radical (unpaired) electrons. The molecule has 1 heterocycles.